The highest BCUT2D eigenvalue weighted by atomic mass is 16.2. The second-order valence-corrected chi connectivity index (χ2v) is 5.36. The quantitative estimate of drug-likeness (QED) is 0.856. The van der Waals surface area contributed by atoms with Crippen molar-refractivity contribution >= 4 is 5.91 Å². The fourth-order valence-electron chi connectivity index (χ4n) is 2.61. The van der Waals surface area contributed by atoms with Crippen molar-refractivity contribution in [3.8, 4) is 0 Å². The maximum absolute atomic E-state index is 12.4. The summed E-state index contributed by atoms with van der Waals surface area (Å²) in [4.78, 5) is 14.5. The Balaban J connectivity index is 1.70. The summed E-state index contributed by atoms with van der Waals surface area (Å²) in [6.07, 6.45) is 6.52. The molecule has 0 bridgehead atoms. The zero-order chi connectivity index (χ0) is 12.5. The molecule has 1 aliphatic heterocycles. The first kappa shape index (κ1) is 11.7. The van der Waals surface area contributed by atoms with Gasteiger partial charge in [-0.1, -0.05) is 0 Å². The van der Waals surface area contributed by atoms with E-state index in [1.807, 2.05) is 18.1 Å². The first-order chi connectivity index (χ1) is 8.74. The molecule has 2 fully saturated rings. The number of aryl methyl sites for hydroxylation is 1. The van der Waals surface area contributed by atoms with Gasteiger partial charge in [-0.05, 0) is 38.3 Å². The van der Waals surface area contributed by atoms with Gasteiger partial charge in [0.05, 0.1) is 0 Å². The van der Waals surface area contributed by atoms with Crippen LogP contribution in [0.1, 0.15) is 36.2 Å². The highest BCUT2D eigenvalue weighted by molar-refractivity contribution is 5.92. The van der Waals surface area contributed by atoms with Gasteiger partial charge in [0, 0.05) is 31.9 Å². The molecule has 98 valence electrons. The van der Waals surface area contributed by atoms with Gasteiger partial charge in [-0.25, -0.2) is 0 Å². The van der Waals surface area contributed by atoms with Crippen LogP contribution in [0.4, 0.5) is 0 Å². The summed E-state index contributed by atoms with van der Waals surface area (Å²) in [6.45, 7) is 1.92. The predicted molar refractivity (Wildman–Crippen MR) is 68.3 cm³/mol. The number of aromatic nitrogens is 2. The molecule has 1 aromatic rings. The van der Waals surface area contributed by atoms with Crippen LogP contribution in [0.2, 0.25) is 0 Å². The molecule has 5 nitrogen and oxygen atoms in total. The van der Waals surface area contributed by atoms with E-state index in [-0.39, 0.29) is 5.91 Å². The average Bonchev–Trinajstić information content (AvgIpc) is 2.88. The SMILES string of the molecule is Cn1ccc(C(=O)N(CC2CCCN2)C2CC2)n1. The van der Waals surface area contributed by atoms with Gasteiger partial charge in [0.25, 0.3) is 5.91 Å². The van der Waals surface area contributed by atoms with Crippen LogP contribution in [0.15, 0.2) is 12.3 Å². The lowest BCUT2D eigenvalue weighted by Crippen LogP contribution is -2.42. The van der Waals surface area contributed by atoms with E-state index in [4.69, 9.17) is 0 Å². The molecule has 1 aliphatic carbocycles. The van der Waals surface area contributed by atoms with Gasteiger partial charge in [-0.2, -0.15) is 5.10 Å². The van der Waals surface area contributed by atoms with Crippen LogP contribution in [0, 0.1) is 0 Å². The lowest BCUT2D eigenvalue weighted by atomic mass is 10.2. The second-order valence-electron chi connectivity index (χ2n) is 5.36. The number of rotatable bonds is 4. The molecule has 1 saturated carbocycles. The third kappa shape index (κ3) is 2.41. The summed E-state index contributed by atoms with van der Waals surface area (Å²) in [5, 5.41) is 7.68. The van der Waals surface area contributed by atoms with E-state index in [2.05, 4.69) is 10.4 Å². The molecule has 0 radical (unpaired) electrons. The molecule has 0 spiro atoms. The zero-order valence-electron chi connectivity index (χ0n) is 10.8. The second kappa shape index (κ2) is 4.72. The van der Waals surface area contributed by atoms with Crippen LogP contribution in [-0.4, -0.2) is 45.8 Å². The molecule has 1 aromatic heterocycles. The van der Waals surface area contributed by atoms with Crippen molar-refractivity contribution in [2.24, 2.45) is 7.05 Å². The monoisotopic (exact) mass is 248 g/mol. The van der Waals surface area contributed by atoms with E-state index in [9.17, 15) is 4.79 Å². The lowest BCUT2D eigenvalue weighted by molar-refractivity contribution is 0.0722. The van der Waals surface area contributed by atoms with Crippen molar-refractivity contribution in [2.75, 3.05) is 13.1 Å². The largest absolute Gasteiger partial charge is 0.333 e. The minimum Gasteiger partial charge on any atom is -0.333 e. The van der Waals surface area contributed by atoms with Crippen molar-refractivity contribution in [3.63, 3.8) is 0 Å². The van der Waals surface area contributed by atoms with Crippen molar-refractivity contribution in [2.45, 2.75) is 37.8 Å². The minimum absolute atomic E-state index is 0.0896. The number of nitrogens with one attached hydrogen (secondary N) is 1. The molecular formula is C13H20N4O. The molecule has 3 rings (SSSR count). The Labute approximate surface area is 107 Å². The highest BCUT2D eigenvalue weighted by Gasteiger charge is 2.35. The van der Waals surface area contributed by atoms with Gasteiger partial charge in [0.1, 0.15) is 5.69 Å². The van der Waals surface area contributed by atoms with Crippen LogP contribution >= 0.6 is 0 Å². The van der Waals surface area contributed by atoms with Crippen molar-refractivity contribution in [1.82, 2.24) is 20.0 Å². The molecule has 1 amide bonds. The Morgan fingerprint density at radius 1 is 1.56 bits per heavy atom. The van der Waals surface area contributed by atoms with Crippen LogP contribution < -0.4 is 5.32 Å². The number of carbonyl (C=O) groups is 1. The summed E-state index contributed by atoms with van der Waals surface area (Å²) in [7, 11) is 1.84. The Morgan fingerprint density at radius 3 is 2.94 bits per heavy atom. The highest BCUT2D eigenvalue weighted by Crippen LogP contribution is 2.28. The molecule has 2 heterocycles. The van der Waals surface area contributed by atoms with E-state index in [0.717, 1.165) is 25.9 Å². The van der Waals surface area contributed by atoms with E-state index in [1.165, 1.54) is 12.8 Å². The summed E-state index contributed by atoms with van der Waals surface area (Å²) in [5.41, 5.74) is 0.572. The van der Waals surface area contributed by atoms with Crippen LogP contribution in [0.3, 0.4) is 0 Å². The summed E-state index contributed by atoms with van der Waals surface area (Å²) < 4.78 is 1.69. The molecule has 18 heavy (non-hydrogen) atoms. The molecular weight excluding hydrogens is 228 g/mol. The summed E-state index contributed by atoms with van der Waals surface area (Å²) in [6, 6.07) is 2.72. The molecule has 5 heteroatoms. The van der Waals surface area contributed by atoms with Gasteiger partial charge >= 0.3 is 0 Å². The van der Waals surface area contributed by atoms with Gasteiger partial charge in [-0.15, -0.1) is 0 Å². The first-order valence-corrected chi connectivity index (χ1v) is 6.78. The lowest BCUT2D eigenvalue weighted by Gasteiger charge is -2.25. The van der Waals surface area contributed by atoms with E-state index >= 15 is 0 Å². The number of hydrogen-bond donors (Lipinski definition) is 1. The maximum Gasteiger partial charge on any atom is 0.274 e. The molecule has 1 N–H and O–H groups in total. The topological polar surface area (TPSA) is 50.2 Å². The Bertz CT molecular complexity index is 432. The number of nitrogens with zero attached hydrogens (tertiary/aromatic N) is 3. The molecule has 1 unspecified atom stereocenters. The molecule has 2 aliphatic rings. The number of amides is 1. The summed E-state index contributed by atoms with van der Waals surface area (Å²) >= 11 is 0. The van der Waals surface area contributed by atoms with Crippen molar-refractivity contribution in [3.05, 3.63) is 18.0 Å². The van der Waals surface area contributed by atoms with Crippen LogP contribution in [-0.2, 0) is 7.05 Å². The van der Waals surface area contributed by atoms with E-state index in [0.29, 0.717) is 17.8 Å². The van der Waals surface area contributed by atoms with Crippen LogP contribution in [0.25, 0.3) is 0 Å². The van der Waals surface area contributed by atoms with Crippen molar-refractivity contribution in [1.29, 1.82) is 0 Å². The fourth-order valence-corrected chi connectivity index (χ4v) is 2.61. The summed E-state index contributed by atoms with van der Waals surface area (Å²) in [5.74, 6) is 0.0896. The predicted octanol–water partition coefficient (Wildman–Crippen LogP) is 0.777. The smallest absolute Gasteiger partial charge is 0.274 e. The van der Waals surface area contributed by atoms with Gasteiger partial charge < -0.3 is 10.2 Å². The zero-order valence-corrected chi connectivity index (χ0v) is 10.8. The molecule has 1 atom stereocenters. The fraction of sp³-hybridized carbons (Fsp3) is 0.692. The Morgan fingerprint density at radius 2 is 2.39 bits per heavy atom. The minimum atomic E-state index is 0.0896. The standard InChI is InChI=1S/C13H20N4O/c1-16-8-6-12(15-16)13(18)17(11-4-5-11)9-10-3-2-7-14-10/h6,8,10-11,14H,2-5,7,9H2,1H3. The normalized spacial score (nSPS) is 23.3. The van der Waals surface area contributed by atoms with Crippen molar-refractivity contribution < 1.29 is 4.79 Å². The van der Waals surface area contributed by atoms with Crippen LogP contribution in [0.5, 0.6) is 0 Å². The number of carbonyl (C=O) groups excluding carboxylic acids is 1. The van der Waals surface area contributed by atoms with E-state index in [1.54, 1.807) is 10.7 Å². The average molecular weight is 248 g/mol. The van der Waals surface area contributed by atoms with Gasteiger partial charge in [0.2, 0.25) is 0 Å². The third-order valence-corrected chi connectivity index (χ3v) is 3.76. The van der Waals surface area contributed by atoms with Gasteiger partial charge in [0.15, 0.2) is 0 Å². The first-order valence-electron chi connectivity index (χ1n) is 6.78. The molecule has 0 aromatic carbocycles. The van der Waals surface area contributed by atoms with Gasteiger partial charge in [-0.3, -0.25) is 9.48 Å². The maximum atomic E-state index is 12.4. The Kier molecular flexibility index (Phi) is 3.07. The van der Waals surface area contributed by atoms with E-state index < -0.39 is 0 Å². The Hall–Kier alpha value is -1.36. The number of hydrogen-bond acceptors (Lipinski definition) is 3. The third-order valence-electron chi connectivity index (χ3n) is 3.76. The molecule has 1 saturated heterocycles.